The van der Waals surface area contributed by atoms with E-state index in [-0.39, 0.29) is 5.91 Å². The lowest BCUT2D eigenvalue weighted by Crippen LogP contribution is -2.22. The zero-order valence-electron chi connectivity index (χ0n) is 14.6. The Morgan fingerprint density at radius 3 is 2.80 bits per heavy atom. The third kappa shape index (κ3) is 3.20. The highest BCUT2D eigenvalue weighted by atomic mass is 32.2. The van der Waals surface area contributed by atoms with Crippen molar-refractivity contribution in [3.05, 3.63) is 47.7 Å². The third-order valence-corrected chi connectivity index (χ3v) is 4.78. The second-order valence-electron chi connectivity index (χ2n) is 5.60. The smallest absolute Gasteiger partial charge is 0.279 e. The first-order valence-corrected chi connectivity index (χ1v) is 8.97. The van der Waals surface area contributed by atoms with Crippen molar-refractivity contribution in [3.8, 4) is 0 Å². The van der Waals surface area contributed by atoms with Gasteiger partial charge in [0.05, 0.1) is 12.7 Å². The molecule has 7 heteroatoms. The molecule has 0 bridgehead atoms. The lowest BCUT2D eigenvalue weighted by Gasteiger charge is -2.13. The number of rotatable bonds is 5. The number of thioether (sulfide) groups is 1. The number of carbonyl (C=O) groups is 1. The van der Waals surface area contributed by atoms with E-state index in [4.69, 9.17) is 4.84 Å². The van der Waals surface area contributed by atoms with E-state index in [9.17, 15) is 4.79 Å². The molecule has 6 nitrogen and oxygen atoms in total. The van der Waals surface area contributed by atoms with Crippen LogP contribution in [0.4, 0.5) is 11.5 Å². The molecule has 0 radical (unpaired) electrons. The molecule has 0 saturated carbocycles. The molecule has 1 aromatic carbocycles. The van der Waals surface area contributed by atoms with Crippen LogP contribution < -0.4 is 10.8 Å². The maximum absolute atomic E-state index is 12.5. The van der Waals surface area contributed by atoms with Crippen molar-refractivity contribution < 1.29 is 9.63 Å². The lowest BCUT2D eigenvalue weighted by atomic mass is 10.1. The number of carbonyl (C=O) groups excluding carboxylic acids is 1. The zero-order valence-corrected chi connectivity index (χ0v) is 15.4. The van der Waals surface area contributed by atoms with Crippen molar-refractivity contribution >= 4 is 40.2 Å². The first-order valence-electron chi connectivity index (χ1n) is 7.75. The fourth-order valence-electron chi connectivity index (χ4n) is 2.81. The van der Waals surface area contributed by atoms with E-state index in [0.29, 0.717) is 11.4 Å². The molecule has 0 atom stereocenters. The van der Waals surface area contributed by atoms with Gasteiger partial charge in [-0.2, -0.15) is 0 Å². The van der Waals surface area contributed by atoms with Gasteiger partial charge in [0, 0.05) is 29.2 Å². The molecule has 0 spiro atoms. The minimum Gasteiger partial charge on any atom is -0.341 e. The Morgan fingerprint density at radius 1 is 1.32 bits per heavy atom. The number of hydrogen-bond donors (Lipinski definition) is 2. The Hall–Kier alpha value is -2.51. The number of aryl methyl sites for hydroxylation is 2. The minimum atomic E-state index is -0.318. The second-order valence-corrected chi connectivity index (χ2v) is 6.48. The van der Waals surface area contributed by atoms with Gasteiger partial charge < -0.3 is 9.88 Å². The number of fused-ring (bicyclic) bond motifs is 1. The number of aromatic nitrogens is 2. The highest BCUT2D eigenvalue weighted by Gasteiger charge is 2.22. The largest absolute Gasteiger partial charge is 0.341 e. The van der Waals surface area contributed by atoms with Crippen LogP contribution in [0.25, 0.3) is 11.0 Å². The quantitative estimate of drug-likeness (QED) is 0.540. The highest BCUT2D eigenvalue weighted by Crippen LogP contribution is 2.32. The van der Waals surface area contributed by atoms with Crippen LogP contribution in [0.3, 0.4) is 0 Å². The van der Waals surface area contributed by atoms with Crippen LogP contribution in [0.2, 0.25) is 0 Å². The predicted molar refractivity (Wildman–Crippen MR) is 101 cm³/mol. The summed E-state index contributed by atoms with van der Waals surface area (Å²) in [4.78, 5) is 23.0. The molecular formula is C18H20N4O2S. The highest BCUT2D eigenvalue weighted by molar-refractivity contribution is 7.98. The minimum absolute atomic E-state index is 0.318. The fraction of sp³-hybridized carbons (Fsp3) is 0.222. The molecule has 3 rings (SSSR count). The van der Waals surface area contributed by atoms with Gasteiger partial charge in [-0.15, -0.1) is 11.8 Å². The molecule has 0 unspecified atom stereocenters. The number of amides is 1. The maximum Gasteiger partial charge on any atom is 0.279 e. The summed E-state index contributed by atoms with van der Waals surface area (Å²) in [6.45, 7) is 2.04. The number of nitrogens with one attached hydrogen (secondary N) is 2. The summed E-state index contributed by atoms with van der Waals surface area (Å²) in [6, 6.07) is 9.87. The maximum atomic E-state index is 12.5. The molecule has 25 heavy (non-hydrogen) atoms. The third-order valence-electron chi connectivity index (χ3n) is 4.05. The Balaban J connectivity index is 2.13. The van der Waals surface area contributed by atoms with Gasteiger partial charge >= 0.3 is 0 Å². The van der Waals surface area contributed by atoms with E-state index < -0.39 is 0 Å². The van der Waals surface area contributed by atoms with Crippen LogP contribution in [0.1, 0.15) is 15.9 Å². The monoisotopic (exact) mass is 356 g/mol. The van der Waals surface area contributed by atoms with Gasteiger partial charge in [0.1, 0.15) is 11.5 Å². The Kier molecular flexibility index (Phi) is 4.96. The van der Waals surface area contributed by atoms with Crippen LogP contribution in [0, 0.1) is 6.92 Å². The summed E-state index contributed by atoms with van der Waals surface area (Å²) in [7, 11) is 3.30. The Morgan fingerprint density at radius 2 is 2.12 bits per heavy atom. The van der Waals surface area contributed by atoms with Crippen molar-refractivity contribution in [1.29, 1.82) is 0 Å². The van der Waals surface area contributed by atoms with E-state index in [1.54, 1.807) is 18.0 Å². The second kappa shape index (κ2) is 7.16. The van der Waals surface area contributed by atoms with Crippen molar-refractivity contribution in [2.75, 3.05) is 18.7 Å². The zero-order chi connectivity index (χ0) is 18.0. The van der Waals surface area contributed by atoms with Crippen LogP contribution in [-0.4, -0.2) is 28.8 Å². The molecule has 3 aromatic rings. The normalized spacial score (nSPS) is 10.9. The van der Waals surface area contributed by atoms with Crippen LogP contribution >= 0.6 is 11.8 Å². The molecule has 0 aliphatic heterocycles. The van der Waals surface area contributed by atoms with Crippen LogP contribution in [0.15, 0.2) is 41.4 Å². The van der Waals surface area contributed by atoms with Crippen molar-refractivity contribution in [1.82, 2.24) is 15.0 Å². The number of nitrogens with zero attached hydrogens (tertiary/aromatic N) is 2. The van der Waals surface area contributed by atoms with E-state index in [1.165, 1.54) is 12.0 Å². The molecule has 1 amide bonds. The fourth-order valence-corrected chi connectivity index (χ4v) is 3.31. The first kappa shape index (κ1) is 17.3. The molecular weight excluding hydrogens is 336 g/mol. The predicted octanol–water partition coefficient (Wildman–Crippen LogP) is 3.64. The van der Waals surface area contributed by atoms with E-state index in [2.05, 4.69) is 27.9 Å². The van der Waals surface area contributed by atoms with Crippen LogP contribution in [-0.2, 0) is 11.9 Å². The summed E-state index contributed by atoms with van der Waals surface area (Å²) in [5.74, 6) is 0.352. The van der Waals surface area contributed by atoms with E-state index in [1.807, 2.05) is 43.0 Å². The molecule has 130 valence electrons. The number of hydrogen-bond acceptors (Lipinski definition) is 5. The lowest BCUT2D eigenvalue weighted by molar-refractivity contribution is 0.0540. The SMILES string of the molecule is CONC(=O)c1c(Nc2ccc(SC)cc2C)n(C)c2ncccc12. The Bertz CT molecular complexity index is 936. The molecule has 0 fully saturated rings. The molecule has 2 aromatic heterocycles. The standard InChI is InChI=1S/C18H20N4O2S/c1-11-10-12(25-4)7-8-14(11)20-17-15(18(23)21-24-3)13-6-5-9-19-16(13)22(17)2/h5-10,20H,1-4H3,(H,21,23). The topological polar surface area (TPSA) is 68.2 Å². The molecule has 2 heterocycles. The summed E-state index contributed by atoms with van der Waals surface area (Å²) in [6.07, 6.45) is 3.76. The molecule has 2 N–H and O–H groups in total. The number of pyridine rings is 1. The molecule has 0 aliphatic carbocycles. The molecule has 0 aliphatic rings. The van der Waals surface area contributed by atoms with Crippen LogP contribution in [0.5, 0.6) is 0 Å². The van der Waals surface area contributed by atoms with Gasteiger partial charge in [0.2, 0.25) is 0 Å². The summed E-state index contributed by atoms with van der Waals surface area (Å²) in [5.41, 5.74) is 5.67. The summed E-state index contributed by atoms with van der Waals surface area (Å²) in [5, 5.41) is 4.15. The van der Waals surface area contributed by atoms with E-state index >= 15 is 0 Å². The average Bonchev–Trinajstić information content (AvgIpc) is 2.89. The van der Waals surface area contributed by atoms with Gasteiger partial charge in [0.25, 0.3) is 5.91 Å². The number of hydroxylamine groups is 1. The first-order chi connectivity index (χ1) is 12.1. The number of anilines is 2. The van der Waals surface area contributed by atoms with Gasteiger partial charge in [-0.25, -0.2) is 10.5 Å². The van der Waals surface area contributed by atoms with Gasteiger partial charge in [-0.1, -0.05) is 0 Å². The number of benzene rings is 1. The summed E-state index contributed by atoms with van der Waals surface area (Å²) < 4.78 is 1.88. The average molecular weight is 356 g/mol. The Labute approximate surface area is 150 Å². The van der Waals surface area contributed by atoms with Gasteiger partial charge in [-0.3, -0.25) is 9.63 Å². The van der Waals surface area contributed by atoms with Gasteiger partial charge in [-0.05, 0) is 49.1 Å². The van der Waals surface area contributed by atoms with Crippen molar-refractivity contribution in [2.45, 2.75) is 11.8 Å². The molecule has 0 saturated heterocycles. The van der Waals surface area contributed by atoms with E-state index in [0.717, 1.165) is 22.3 Å². The van der Waals surface area contributed by atoms with Crippen molar-refractivity contribution in [2.24, 2.45) is 7.05 Å². The van der Waals surface area contributed by atoms with Gasteiger partial charge in [0.15, 0.2) is 0 Å². The van der Waals surface area contributed by atoms with Crippen molar-refractivity contribution in [3.63, 3.8) is 0 Å². The summed E-state index contributed by atoms with van der Waals surface area (Å²) >= 11 is 1.70.